The number of aromatic nitrogens is 1. The number of carbonyl (C=O) groups is 1. The van der Waals surface area contributed by atoms with Crippen LogP contribution in [0.3, 0.4) is 0 Å². The molecule has 3 aromatic rings. The number of nitrogens with two attached hydrogens (primary N) is 1. The Morgan fingerprint density at radius 3 is 2.50 bits per heavy atom. The van der Waals surface area contributed by atoms with E-state index in [0.29, 0.717) is 22.2 Å². The second-order valence-corrected chi connectivity index (χ2v) is 6.96. The van der Waals surface area contributed by atoms with Gasteiger partial charge in [0.05, 0.1) is 5.75 Å². The fraction of sp³-hybridized carbons (Fsp3) is 0.0625. The van der Waals surface area contributed by atoms with Gasteiger partial charge in [0, 0.05) is 16.6 Å². The van der Waals surface area contributed by atoms with Crippen molar-refractivity contribution in [3.63, 3.8) is 0 Å². The smallest absolute Gasteiger partial charge is 0.272 e. The lowest BCUT2D eigenvalue weighted by Gasteiger charge is -2.05. The Labute approximate surface area is 137 Å². The highest BCUT2D eigenvalue weighted by Crippen LogP contribution is 2.19. The van der Waals surface area contributed by atoms with E-state index in [9.17, 15) is 17.6 Å². The molecular formula is C16H14FN3O3S. The largest absolute Gasteiger partial charge is 0.350 e. The van der Waals surface area contributed by atoms with Crippen molar-refractivity contribution in [1.82, 2.24) is 4.98 Å². The van der Waals surface area contributed by atoms with Crippen LogP contribution in [0.2, 0.25) is 0 Å². The molecule has 24 heavy (non-hydrogen) atoms. The third-order valence-electron chi connectivity index (χ3n) is 3.44. The molecule has 0 aliphatic rings. The molecule has 0 bridgehead atoms. The van der Waals surface area contributed by atoms with Crippen LogP contribution in [0.25, 0.3) is 10.9 Å². The number of rotatable bonds is 4. The molecule has 0 atom stereocenters. The first kappa shape index (κ1) is 16.2. The standard InChI is InChI=1S/C16H14FN3O3S/c17-13-2-1-3-14-12(13)8-15(20-14)16(21)19-11-6-4-10(5-7-11)9-24(18,22)23/h1-8,20H,9H2,(H,19,21)(H2,18,22,23). The Kier molecular flexibility index (Phi) is 4.08. The molecule has 0 radical (unpaired) electrons. The average molecular weight is 347 g/mol. The van der Waals surface area contributed by atoms with Crippen LogP contribution in [0, 0.1) is 5.82 Å². The number of hydrogen-bond donors (Lipinski definition) is 3. The molecule has 3 rings (SSSR count). The summed E-state index contributed by atoms with van der Waals surface area (Å²) in [5.74, 6) is -1.11. The number of halogens is 1. The molecule has 8 heteroatoms. The van der Waals surface area contributed by atoms with Crippen LogP contribution in [-0.4, -0.2) is 19.3 Å². The zero-order chi connectivity index (χ0) is 17.3. The first-order valence-corrected chi connectivity index (χ1v) is 8.71. The van der Waals surface area contributed by atoms with Crippen LogP contribution < -0.4 is 10.5 Å². The quantitative estimate of drug-likeness (QED) is 0.674. The summed E-state index contributed by atoms with van der Waals surface area (Å²) in [6.07, 6.45) is 0. The van der Waals surface area contributed by atoms with E-state index < -0.39 is 21.7 Å². The minimum absolute atomic E-state index is 0.226. The Morgan fingerprint density at radius 1 is 1.17 bits per heavy atom. The van der Waals surface area contributed by atoms with Crippen LogP contribution in [0.5, 0.6) is 0 Å². The number of hydrogen-bond acceptors (Lipinski definition) is 3. The summed E-state index contributed by atoms with van der Waals surface area (Å²) in [7, 11) is -3.60. The van der Waals surface area contributed by atoms with Gasteiger partial charge in [-0.2, -0.15) is 0 Å². The van der Waals surface area contributed by atoms with Crippen LogP contribution in [0.1, 0.15) is 16.1 Å². The van der Waals surface area contributed by atoms with Gasteiger partial charge in [-0.1, -0.05) is 18.2 Å². The number of nitrogens with one attached hydrogen (secondary N) is 2. The van der Waals surface area contributed by atoms with Crippen molar-refractivity contribution in [2.24, 2.45) is 5.14 Å². The normalized spacial score (nSPS) is 11.6. The number of H-pyrrole nitrogens is 1. The fourth-order valence-corrected chi connectivity index (χ4v) is 3.01. The van der Waals surface area contributed by atoms with Crippen LogP contribution in [-0.2, 0) is 15.8 Å². The molecule has 0 fully saturated rings. The van der Waals surface area contributed by atoms with Gasteiger partial charge in [-0.3, -0.25) is 4.79 Å². The lowest BCUT2D eigenvalue weighted by molar-refractivity contribution is 0.102. The van der Waals surface area contributed by atoms with Gasteiger partial charge in [0.1, 0.15) is 11.5 Å². The minimum Gasteiger partial charge on any atom is -0.350 e. The molecule has 1 amide bonds. The van der Waals surface area contributed by atoms with Crippen molar-refractivity contribution >= 4 is 32.5 Å². The molecule has 0 unspecified atom stereocenters. The summed E-state index contributed by atoms with van der Waals surface area (Å²) in [5.41, 5.74) is 1.76. The third-order valence-corrected chi connectivity index (χ3v) is 4.17. The molecule has 0 saturated heterocycles. The SMILES string of the molecule is NS(=O)(=O)Cc1ccc(NC(=O)c2cc3c(F)cccc3[nH]2)cc1. The minimum atomic E-state index is -3.60. The molecule has 4 N–H and O–H groups in total. The molecule has 0 aliphatic carbocycles. The molecule has 1 heterocycles. The molecule has 0 spiro atoms. The maximum Gasteiger partial charge on any atom is 0.272 e. The van der Waals surface area contributed by atoms with Gasteiger partial charge < -0.3 is 10.3 Å². The highest BCUT2D eigenvalue weighted by molar-refractivity contribution is 7.88. The monoisotopic (exact) mass is 347 g/mol. The number of anilines is 1. The lowest BCUT2D eigenvalue weighted by atomic mass is 10.2. The summed E-state index contributed by atoms with van der Waals surface area (Å²) in [6, 6.07) is 12.3. The number of carbonyl (C=O) groups excluding carboxylic acids is 1. The number of fused-ring (bicyclic) bond motifs is 1. The van der Waals surface area contributed by atoms with Crippen molar-refractivity contribution in [1.29, 1.82) is 0 Å². The van der Waals surface area contributed by atoms with E-state index in [1.807, 2.05) is 0 Å². The summed E-state index contributed by atoms with van der Waals surface area (Å²) < 4.78 is 35.7. The van der Waals surface area contributed by atoms with Gasteiger partial charge in [-0.25, -0.2) is 17.9 Å². The van der Waals surface area contributed by atoms with E-state index >= 15 is 0 Å². The van der Waals surface area contributed by atoms with Gasteiger partial charge in [0.2, 0.25) is 10.0 Å². The van der Waals surface area contributed by atoms with E-state index in [1.54, 1.807) is 36.4 Å². The topological polar surface area (TPSA) is 105 Å². The molecule has 1 aromatic heterocycles. The number of benzene rings is 2. The molecule has 0 saturated carbocycles. The van der Waals surface area contributed by atoms with Crippen molar-refractivity contribution in [3.8, 4) is 0 Å². The highest BCUT2D eigenvalue weighted by Gasteiger charge is 2.12. The van der Waals surface area contributed by atoms with E-state index in [1.165, 1.54) is 12.1 Å². The van der Waals surface area contributed by atoms with E-state index in [2.05, 4.69) is 10.3 Å². The fourth-order valence-electron chi connectivity index (χ4n) is 2.36. The number of amides is 1. The van der Waals surface area contributed by atoms with Crippen molar-refractivity contribution in [2.75, 3.05) is 5.32 Å². The maximum absolute atomic E-state index is 13.7. The number of aromatic amines is 1. The van der Waals surface area contributed by atoms with Crippen molar-refractivity contribution in [3.05, 3.63) is 65.6 Å². The Balaban J connectivity index is 1.77. The zero-order valence-electron chi connectivity index (χ0n) is 12.4. The Bertz CT molecular complexity index is 1010. The summed E-state index contributed by atoms with van der Waals surface area (Å²) in [5, 5.41) is 7.97. The number of primary sulfonamides is 1. The molecular weight excluding hydrogens is 333 g/mol. The Hall–Kier alpha value is -2.71. The van der Waals surface area contributed by atoms with E-state index in [4.69, 9.17) is 5.14 Å². The third kappa shape index (κ3) is 3.61. The summed E-state index contributed by atoms with van der Waals surface area (Å²) in [6.45, 7) is 0. The Morgan fingerprint density at radius 2 is 1.88 bits per heavy atom. The molecule has 2 aromatic carbocycles. The van der Waals surface area contributed by atoms with Crippen LogP contribution in [0.4, 0.5) is 10.1 Å². The second-order valence-electron chi connectivity index (χ2n) is 5.34. The van der Waals surface area contributed by atoms with E-state index in [0.717, 1.165) is 0 Å². The van der Waals surface area contributed by atoms with Crippen molar-refractivity contribution < 1.29 is 17.6 Å². The van der Waals surface area contributed by atoms with Crippen LogP contribution >= 0.6 is 0 Å². The zero-order valence-corrected chi connectivity index (χ0v) is 13.2. The van der Waals surface area contributed by atoms with E-state index in [-0.39, 0.29) is 11.4 Å². The van der Waals surface area contributed by atoms with Gasteiger partial charge in [0.25, 0.3) is 5.91 Å². The summed E-state index contributed by atoms with van der Waals surface area (Å²) >= 11 is 0. The van der Waals surface area contributed by atoms with Gasteiger partial charge in [-0.05, 0) is 35.9 Å². The number of sulfonamides is 1. The predicted octanol–water partition coefficient (Wildman–Crippen LogP) is 2.35. The molecule has 0 aliphatic heterocycles. The second kappa shape index (κ2) is 6.06. The van der Waals surface area contributed by atoms with Gasteiger partial charge >= 0.3 is 0 Å². The summed E-state index contributed by atoms with van der Waals surface area (Å²) in [4.78, 5) is 15.1. The maximum atomic E-state index is 13.7. The average Bonchev–Trinajstić information content (AvgIpc) is 2.93. The van der Waals surface area contributed by atoms with Gasteiger partial charge in [-0.15, -0.1) is 0 Å². The first-order valence-electron chi connectivity index (χ1n) is 7.00. The lowest BCUT2D eigenvalue weighted by Crippen LogP contribution is -2.15. The highest BCUT2D eigenvalue weighted by atomic mass is 32.2. The van der Waals surface area contributed by atoms with Crippen LogP contribution in [0.15, 0.2) is 48.5 Å². The first-order chi connectivity index (χ1) is 11.3. The molecule has 6 nitrogen and oxygen atoms in total. The predicted molar refractivity (Wildman–Crippen MR) is 89.5 cm³/mol. The van der Waals surface area contributed by atoms with Gasteiger partial charge in [0.15, 0.2) is 0 Å². The molecule has 124 valence electrons. The van der Waals surface area contributed by atoms with Crippen molar-refractivity contribution in [2.45, 2.75) is 5.75 Å².